The van der Waals surface area contributed by atoms with Gasteiger partial charge in [-0.25, -0.2) is 0 Å². The van der Waals surface area contributed by atoms with Crippen molar-refractivity contribution >= 4 is 5.96 Å². The van der Waals surface area contributed by atoms with Gasteiger partial charge in [0.1, 0.15) is 0 Å². The van der Waals surface area contributed by atoms with Gasteiger partial charge in [0.05, 0.1) is 25.9 Å². The number of nitrogens with zero attached hydrogens (tertiary/aromatic N) is 1. The molecule has 5 heteroatoms. The van der Waals surface area contributed by atoms with Crippen LogP contribution in [-0.2, 0) is 15.9 Å². The number of rotatable bonds is 9. The van der Waals surface area contributed by atoms with Gasteiger partial charge in [-0.3, -0.25) is 4.99 Å². The van der Waals surface area contributed by atoms with E-state index in [1.54, 1.807) is 0 Å². The lowest BCUT2D eigenvalue weighted by atomic mass is 10.1. The molecule has 0 aromatic heterocycles. The number of aliphatic imine (C=N–C) groups is 1. The van der Waals surface area contributed by atoms with E-state index in [4.69, 9.17) is 9.47 Å². The maximum Gasteiger partial charge on any atom is 0.191 e. The van der Waals surface area contributed by atoms with Crippen LogP contribution in [0.4, 0.5) is 0 Å². The molecule has 1 atom stereocenters. The van der Waals surface area contributed by atoms with Gasteiger partial charge in [0.25, 0.3) is 0 Å². The molecule has 0 amide bonds. The van der Waals surface area contributed by atoms with E-state index in [2.05, 4.69) is 46.8 Å². The van der Waals surface area contributed by atoms with E-state index in [9.17, 15) is 0 Å². The Bertz CT molecular complexity index is 445. The molecule has 5 nitrogen and oxygen atoms in total. The number of hydrogen-bond acceptors (Lipinski definition) is 3. The molecule has 23 heavy (non-hydrogen) atoms. The molecule has 0 saturated carbocycles. The molecular formula is C18H29N3O2. The van der Waals surface area contributed by atoms with Gasteiger partial charge < -0.3 is 20.1 Å². The molecule has 1 aliphatic rings. The van der Waals surface area contributed by atoms with Crippen molar-refractivity contribution < 1.29 is 9.47 Å². The summed E-state index contributed by atoms with van der Waals surface area (Å²) in [7, 11) is 0. The summed E-state index contributed by atoms with van der Waals surface area (Å²) in [6, 6.07) is 10.5. The fraction of sp³-hybridized carbons (Fsp3) is 0.611. The summed E-state index contributed by atoms with van der Waals surface area (Å²) in [4.78, 5) is 4.54. The highest BCUT2D eigenvalue weighted by Gasteiger charge is 2.14. The third kappa shape index (κ3) is 7.48. The minimum Gasteiger partial charge on any atom is -0.377 e. The van der Waals surface area contributed by atoms with Gasteiger partial charge in [0.15, 0.2) is 5.96 Å². The van der Waals surface area contributed by atoms with E-state index in [-0.39, 0.29) is 6.10 Å². The van der Waals surface area contributed by atoms with Crippen molar-refractivity contribution in [2.75, 3.05) is 39.5 Å². The summed E-state index contributed by atoms with van der Waals surface area (Å²) in [6.07, 6.45) is 3.55. The number of hydrogen-bond donors (Lipinski definition) is 2. The van der Waals surface area contributed by atoms with Crippen LogP contribution in [0, 0.1) is 0 Å². The van der Waals surface area contributed by atoms with Gasteiger partial charge in [-0.2, -0.15) is 0 Å². The Hall–Kier alpha value is -1.59. The molecule has 2 N–H and O–H groups in total. The standard InChI is InChI=1S/C18H29N3O2/c1-2-19-18(20-11-10-16-7-4-3-5-8-16)21-12-14-22-15-17-9-6-13-23-17/h3-5,7-8,17H,2,6,9-15H2,1H3,(H2,19,20,21). The van der Waals surface area contributed by atoms with Gasteiger partial charge in [0.2, 0.25) is 0 Å². The SMILES string of the molecule is CCNC(=NCCOCC1CCCO1)NCCc1ccccc1. The Labute approximate surface area is 139 Å². The molecule has 0 radical (unpaired) electrons. The van der Waals surface area contributed by atoms with Crippen LogP contribution in [-0.4, -0.2) is 51.5 Å². The van der Waals surface area contributed by atoms with Crippen molar-refractivity contribution in [3.8, 4) is 0 Å². The van der Waals surface area contributed by atoms with Crippen LogP contribution >= 0.6 is 0 Å². The Balaban J connectivity index is 1.61. The minimum atomic E-state index is 0.288. The van der Waals surface area contributed by atoms with Crippen molar-refractivity contribution in [2.45, 2.75) is 32.3 Å². The molecule has 1 fully saturated rings. The van der Waals surface area contributed by atoms with E-state index in [0.29, 0.717) is 19.8 Å². The lowest BCUT2D eigenvalue weighted by Crippen LogP contribution is -2.38. The lowest BCUT2D eigenvalue weighted by molar-refractivity contribution is 0.0200. The van der Waals surface area contributed by atoms with E-state index in [1.165, 1.54) is 5.56 Å². The van der Waals surface area contributed by atoms with Crippen molar-refractivity contribution in [2.24, 2.45) is 4.99 Å². The summed E-state index contributed by atoms with van der Waals surface area (Å²) < 4.78 is 11.2. The van der Waals surface area contributed by atoms with Gasteiger partial charge in [-0.1, -0.05) is 30.3 Å². The Morgan fingerprint density at radius 2 is 2.17 bits per heavy atom. The topological polar surface area (TPSA) is 54.9 Å². The quantitative estimate of drug-likeness (QED) is 0.415. The van der Waals surface area contributed by atoms with E-state index < -0.39 is 0 Å². The summed E-state index contributed by atoms with van der Waals surface area (Å²) in [5.74, 6) is 0.851. The first-order valence-corrected chi connectivity index (χ1v) is 8.64. The van der Waals surface area contributed by atoms with Crippen LogP contribution in [0.1, 0.15) is 25.3 Å². The highest BCUT2D eigenvalue weighted by molar-refractivity contribution is 5.79. The lowest BCUT2D eigenvalue weighted by Gasteiger charge is -2.12. The molecule has 0 spiro atoms. The van der Waals surface area contributed by atoms with Crippen LogP contribution in [0.5, 0.6) is 0 Å². The molecule has 1 unspecified atom stereocenters. The number of nitrogens with one attached hydrogen (secondary N) is 2. The average Bonchev–Trinajstić information content (AvgIpc) is 3.09. The first-order chi connectivity index (χ1) is 11.4. The predicted molar refractivity (Wildman–Crippen MR) is 93.9 cm³/mol. The molecular weight excluding hydrogens is 290 g/mol. The molecule has 1 saturated heterocycles. The fourth-order valence-electron chi connectivity index (χ4n) is 2.52. The second-order valence-corrected chi connectivity index (χ2v) is 5.63. The third-order valence-corrected chi connectivity index (χ3v) is 3.73. The zero-order valence-electron chi connectivity index (χ0n) is 14.1. The van der Waals surface area contributed by atoms with Crippen molar-refractivity contribution in [3.05, 3.63) is 35.9 Å². The molecule has 1 aromatic carbocycles. The molecule has 0 aliphatic carbocycles. The van der Waals surface area contributed by atoms with Crippen LogP contribution in [0.3, 0.4) is 0 Å². The second-order valence-electron chi connectivity index (χ2n) is 5.63. The zero-order valence-corrected chi connectivity index (χ0v) is 14.1. The molecule has 2 rings (SSSR count). The molecule has 128 valence electrons. The predicted octanol–water partition coefficient (Wildman–Crippen LogP) is 1.98. The average molecular weight is 319 g/mol. The first-order valence-electron chi connectivity index (χ1n) is 8.64. The van der Waals surface area contributed by atoms with Crippen LogP contribution < -0.4 is 10.6 Å². The Morgan fingerprint density at radius 3 is 2.91 bits per heavy atom. The van der Waals surface area contributed by atoms with Crippen molar-refractivity contribution in [3.63, 3.8) is 0 Å². The summed E-state index contributed by atoms with van der Waals surface area (Å²) >= 11 is 0. The number of ether oxygens (including phenoxy) is 2. The normalized spacial score (nSPS) is 18.1. The molecule has 1 aliphatic heterocycles. The van der Waals surface area contributed by atoms with E-state index in [0.717, 1.165) is 44.9 Å². The zero-order chi connectivity index (χ0) is 16.2. The number of guanidine groups is 1. The van der Waals surface area contributed by atoms with Gasteiger partial charge in [-0.05, 0) is 31.7 Å². The van der Waals surface area contributed by atoms with Gasteiger partial charge >= 0.3 is 0 Å². The van der Waals surface area contributed by atoms with E-state index in [1.807, 2.05) is 6.07 Å². The second kappa shape index (κ2) is 11.0. The third-order valence-electron chi connectivity index (χ3n) is 3.73. The first kappa shape index (κ1) is 17.8. The van der Waals surface area contributed by atoms with Crippen LogP contribution in [0.2, 0.25) is 0 Å². The highest BCUT2D eigenvalue weighted by atomic mass is 16.5. The highest BCUT2D eigenvalue weighted by Crippen LogP contribution is 2.11. The smallest absolute Gasteiger partial charge is 0.191 e. The van der Waals surface area contributed by atoms with E-state index >= 15 is 0 Å². The monoisotopic (exact) mass is 319 g/mol. The molecule has 1 heterocycles. The summed E-state index contributed by atoms with van der Waals surface area (Å²) in [5.41, 5.74) is 1.33. The van der Waals surface area contributed by atoms with Gasteiger partial charge in [-0.15, -0.1) is 0 Å². The van der Waals surface area contributed by atoms with Crippen molar-refractivity contribution in [1.82, 2.24) is 10.6 Å². The molecule has 0 bridgehead atoms. The van der Waals surface area contributed by atoms with Crippen molar-refractivity contribution in [1.29, 1.82) is 0 Å². The van der Waals surface area contributed by atoms with Crippen LogP contribution in [0.15, 0.2) is 35.3 Å². The maximum atomic E-state index is 5.63. The minimum absolute atomic E-state index is 0.288. The summed E-state index contributed by atoms with van der Waals surface area (Å²) in [6.45, 7) is 6.65. The maximum absolute atomic E-state index is 5.63. The summed E-state index contributed by atoms with van der Waals surface area (Å²) in [5, 5.41) is 6.62. The largest absolute Gasteiger partial charge is 0.377 e. The fourth-order valence-corrected chi connectivity index (χ4v) is 2.52. The van der Waals surface area contributed by atoms with Crippen LogP contribution in [0.25, 0.3) is 0 Å². The van der Waals surface area contributed by atoms with Gasteiger partial charge in [0, 0.05) is 19.7 Å². The Kier molecular flexibility index (Phi) is 8.51. The Morgan fingerprint density at radius 1 is 1.30 bits per heavy atom. The molecule has 1 aromatic rings. The number of benzene rings is 1.